The lowest BCUT2D eigenvalue weighted by Crippen LogP contribution is -2.31. The van der Waals surface area contributed by atoms with Crippen molar-refractivity contribution in [2.24, 2.45) is 5.92 Å². The highest BCUT2D eigenvalue weighted by atomic mass is 35.5. The number of hydrogen-bond donors (Lipinski definition) is 2. The minimum atomic E-state index is -0.0509. The highest BCUT2D eigenvalue weighted by Crippen LogP contribution is 2.23. The van der Waals surface area contributed by atoms with Crippen LogP contribution in [0.2, 0.25) is 5.02 Å². The number of thioether (sulfide) groups is 1. The maximum absolute atomic E-state index is 12.2. The van der Waals surface area contributed by atoms with Gasteiger partial charge in [-0.2, -0.15) is 11.8 Å². The van der Waals surface area contributed by atoms with E-state index in [2.05, 4.69) is 10.6 Å². The molecule has 5 heteroatoms. The molecule has 0 radical (unpaired) electrons. The van der Waals surface area contributed by atoms with Crippen LogP contribution in [0.1, 0.15) is 23.2 Å². The molecule has 2 N–H and O–H groups in total. The summed E-state index contributed by atoms with van der Waals surface area (Å²) in [4.78, 5) is 12.2. The van der Waals surface area contributed by atoms with Gasteiger partial charge in [0.2, 0.25) is 0 Å². The smallest absolute Gasteiger partial charge is 0.253 e. The molecule has 0 bridgehead atoms. The first-order chi connectivity index (χ1) is 9.20. The van der Waals surface area contributed by atoms with Crippen molar-refractivity contribution in [2.75, 3.05) is 30.4 Å². The predicted octanol–water partition coefficient (Wildman–Crippen LogP) is 3.25. The van der Waals surface area contributed by atoms with Crippen molar-refractivity contribution >= 4 is 35.0 Å². The van der Waals surface area contributed by atoms with E-state index in [1.54, 1.807) is 19.2 Å². The van der Waals surface area contributed by atoms with E-state index in [0.717, 1.165) is 12.2 Å². The summed E-state index contributed by atoms with van der Waals surface area (Å²) in [7, 11) is 1.80. The van der Waals surface area contributed by atoms with Gasteiger partial charge < -0.3 is 10.6 Å². The molecule has 1 aromatic rings. The monoisotopic (exact) mass is 298 g/mol. The molecular weight excluding hydrogens is 280 g/mol. The van der Waals surface area contributed by atoms with Crippen molar-refractivity contribution in [2.45, 2.75) is 12.8 Å². The Balaban J connectivity index is 1.97. The van der Waals surface area contributed by atoms with Crippen molar-refractivity contribution < 1.29 is 4.79 Å². The molecule has 19 heavy (non-hydrogen) atoms. The average molecular weight is 299 g/mol. The normalized spacial score (nSPS) is 16.1. The van der Waals surface area contributed by atoms with Crippen molar-refractivity contribution in [3.63, 3.8) is 0 Å². The zero-order chi connectivity index (χ0) is 13.7. The third kappa shape index (κ3) is 4.05. The van der Waals surface area contributed by atoms with E-state index >= 15 is 0 Å². The van der Waals surface area contributed by atoms with Gasteiger partial charge in [-0.15, -0.1) is 0 Å². The third-order valence-corrected chi connectivity index (χ3v) is 4.67. The Kier molecular flexibility index (Phi) is 5.40. The van der Waals surface area contributed by atoms with E-state index in [1.807, 2.05) is 17.8 Å². The van der Waals surface area contributed by atoms with Crippen LogP contribution in [-0.4, -0.2) is 31.0 Å². The first-order valence-electron chi connectivity index (χ1n) is 6.54. The highest BCUT2D eigenvalue weighted by molar-refractivity contribution is 7.99. The SMILES string of the molecule is CNc1ccc(Cl)cc1C(=O)NCC1CCSCC1. The zero-order valence-corrected chi connectivity index (χ0v) is 12.6. The zero-order valence-electron chi connectivity index (χ0n) is 11.0. The van der Waals surface area contributed by atoms with Crippen LogP contribution in [0, 0.1) is 5.92 Å². The van der Waals surface area contributed by atoms with E-state index < -0.39 is 0 Å². The minimum Gasteiger partial charge on any atom is -0.387 e. The summed E-state index contributed by atoms with van der Waals surface area (Å²) in [6, 6.07) is 5.32. The molecule has 1 aliphatic rings. The van der Waals surface area contributed by atoms with Gasteiger partial charge in [0.15, 0.2) is 0 Å². The summed E-state index contributed by atoms with van der Waals surface area (Å²) in [6.45, 7) is 0.759. The lowest BCUT2D eigenvalue weighted by molar-refractivity contribution is 0.0947. The maximum Gasteiger partial charge on any atom is 0.253 e. The minimum absolute atomic E-state index is 0.0509. The van der Waals surface area contributed by atoms with Gasteiger partial charge in [-0.05, 0) is 48.5 Å². The van der Waals surface area contributed by atoms with Crippen molar-refractivity contribution in [3.05, 3.63) is 28.8 Å². The molecule has 2 rings (SSSR count). The van der Waals surface area contributed by atoms with Crippen LogP contribution in [0.15, 0.2) is 18.2 Å². The molecule has 1 aromatic carbocycles. The molecule has 0 atom stereocenters. The Labute approximate surface area is 123 Å². The summed E-state index contributed by atoms with van der Waals surface area (Å²) in [6.07, 6.45) is 2.39. The fourth-order valence-electron chi connectivity index (χ4n) is 2.21. The molecule has 0 aliphatic carbocycles. The van der Waals surface area contributed by atoms with E-state index in [0.29, 0.717) is 16.5 Å². The van der Waals surface area contributed by atoms with E-state index in [-0.39, 0.29) is 5.91 Å². The Morgan fingerprint density at radius 2 is 2.16 bits per heavy atom. The molecular formula is C14H19ClN2OS. The molecule has 104 valence electrons. The summed E-state index contributed by atoms with van der Waals surface area (Å²) < 4.78 is 0. The summed E-state index contributed by atoms with van der Waals surface area (Å²) >= 11 is 7.95. The van der Waals surface area contributed by atoms with Gasteiger partial charge in [0.25, 0.3) is 5.91 Å². The molecule has 1 aliphatic heterocycles. The van der Waals surface area contributed by atoms with Gasteiger partial charge >= 0.3 is 0 Å². The number of benzene rings is 1. The quantitative estimate of drug-likeness (QED) is 0.896. The number of amides is 1. The number of halogens is 1. The van der Waals surface area contributed by atoms with Crippen LogP contribution in [0.25, 0.3) is 0 Å². The summed E-state index contributed by atoms with van der Waals surface area (Å²) in [5.74, 6) is 2.98. The fourth-order valence-corrected chi connectivity index (χ4v) is 3.58. The lowest BCUT2D eigenvalue weighted by atomic mass is 10.0. The molecule has 3 nitrogen and oxygen atoms in total. The standard InChI is InChI=1S/C14H19ClN2OS/c1-16-13-3-2-11(15)8-12(13)14(18)17-9-10-4-6-19-7-5-10/h2-3,8,10,16H,4-7,9H2,1H3,(H,17,18). The highest BCUT2D eigenvalue weighted by Gasteiger charge is 2.16. The van der Waals surface area contributed by atoms with Crippen molar-refractivity contribution in [3.8, 4) is 0 Å². The Hall–Kier alpha value is -0.870. The third-order valence-electron chi connectivity index (χ3n) is 3.39. The lowest BCUT2D eigenvalue weighted by Gasteiger charge is -2.21. The number of anilines is 1. The first-order valence-corrected chi connectivity index (χ1v) is 8.07. The number of carbonyl (C=O) groups is 1. The molecule has 0 saturated carbocycles. The summed E-state index contributed by atoms with van der Waals surface area (Å²) in [5, 5.41) is 6.62. The summed E-state index contributed by atoms with van der Waals surface area (Å²) in [5.41, 5.74) is 1.42. The van der Waals surface area contributed by atoms with Gasteiger partial charge in [0.05, 0.1) is 5.56 Å². The molecule has 1 amide bonds. The van der Waals surface area contributed by atoms with Crippen LogP contribution < -0.4 is 10.6 Å². The Morgan fingerprint density at radius 1 is 1.42 bits per heavy atom. The Bertz CT molecular complexity index is 447. The van der Waals surface area contributed by atoms with Crippen LogP contribution in [-0.2, 0) is 0 Å². The second-order valence-corrected chi connectivity index (χ2v) is 6.37. The average Bonchev–Trinajstić information content (AvgIpc) is 2.46. The largest absolute Gasteiger partial charge is 0.387 e. The van der Waals surface area contributed by atoms with Crippen molar-refractivity contribution in [1.29, 1.82) is 0 Å². The van der Waals surface area contributed by atoms with Crippen LogP contribution >= 0.6 is 23.4 Å². The van der Waals surface area contributed by atoms with Crippen LogP contribution in [0.4, 0.5) is 5.69 Å². The van der Waals surface area contributed by atoms with Crippen molar-refractivity contribution in [1.82, 2.24) is 5.32 Å². The molecule has 1 saturated heterocycles. The second kappa shape index (κ2) is 7.06. The Morgan fingerprint density at radius 3 is 2.84 bits per heavy atom. The predicted molar refractivity (Wildman–Crippen MR) is 83.4 cm³/mol. The van der Waals surface area contributed by atoms with E-state index in [4.69, 9.17) is 11.6 Å². The number of hydrogen-bond acceptors (Lipinski definition) is 3. The van der Waals surface area contributed by atoms with E-state index in [1.165, 1.54) is 24.3 Å². The molecule has 1 fully saturated rings. The van der Waals surface area contributed by atoms with Gasteiger partial charge in [-0.1, -0.05) is 11.6 Å². The van der Waals surface area contributed by atoms with Crippen LogP contribution in [0.5, 0.6) is 0 Å². The van der Waals surface area contributed by atoms with E-state index in [9.17, 15) is 4.79 Å². The fraction of sp³-hybridized carbons (Fsp3) is 0.500. The molecule has 0 unspecified atom stereocenters. The number of carbonyl (C=O) groups excluding carboxylic acids is 1. The number of nitrogens with one attached hydrogen (secondary N) is 2. The molecule has 1 heterocycles. The van der Waals surface area contributed by atoms with Gasteiger partial charge in [-0.25, -0.2) is 0 Å². The van der Waals surface area contributed by atoms with Gasteiger partial charge in [-0.3, -0.25) is 4.79 Å². The second-order valence-electron chi connectivity index (χ2n) is 4.71. The van der Waals surface area contributed by atoms with Crippen LogP contribution in [0.3, 0.4) is 0 Å². The van der Waals surface area contributed by atoms with Gasteiger partial charge in [0, 0.05) is 24.3 Å². The molecule has 0 aromatic heterocycles. The first kappa shape index (κ1) is 14.5. The molecule has 0 spiro atoms. The topological polar surface area (TPSA) is 41.1 Å². The maximum atomic E-state index is 12.2. The number of rotatable bonds is 4. The van der Waals surface area contributed by atoms with Gasteiger partial charge in [0.1, 0.15) is 0 Å².